The van der Waals surface area contributed by atoms with Crippen LogP contribution in [0.2, 0.25) is 0 Å². The molecule has 2 heterocycles. The molecule has 1 aliphatic heterocycles. The molecule has 0 aliphatic carbocycles. The van der Waals surface area contributed by atoms with Gasteiger partial charge >= 0.3 is 0 Å². The zero-order valence-corrected chi connectivity index (χ0v) is 13.7. The van der Waals surface area contributed by atoms with Crippen LogP contribution in [0.15, 0.2) is 28.2 Å². The topological polar surface area (TPSA) is 83.1 Å². The van der Waals surface area contributed by atoms with E-state index in [9.17, 15) is 22.0 Å². The van der Waals surface area contributed by atoms with Gasteiger partial charge in [0, 0.05) is 43.9 Å². The highest BCUT2D eigenvalue weighted by Crippen LogP contribution is 2.19. The summed E-state index contributed by atoms with van der Waals surface area (Å²) >= 11 is 0. The second-order valence-electron chi connectivity index (χ2n) is 5.76. The minimum atomic E-state index is -3.60. The number of fused-ring (bicyclic) bond motifs is 1. The van der Waals surface area contributed by atoms with Crippen LogP contribution in [-0.4, -0.2) is 36.1 Å². The van der Waals surface area contributed by atoms with E-state index in [2.05, 4.69) is 9.97 Å². The fraction of sp³-hybridized carbons (Fsp3) is 0.333. The van der Waals surface area contributed by atoms with Gasteiger partial charge in [-0.05, 0) is 6.07 Å². The van der Waals surface area contributed by atoms with E-state index >= 15 is 0 Å². The maximum atomic E-state index is 13.8. The molecule has 24 heavy (non-hydrogen) atoms. The molecule has 0 amide bonds. The zero-order valence-electron chi connectivity index (χ0n) is 12.8. The summed E-state index contributed by atoms with van der Waals surface area (Å²) in [6.07, 6.45) is 1.36. The van der Waals surface area contributed by atoms with E-state index in [1.165, 1.54) is 12.1 Å². The lowest BCUT2D eigenvalue weighted by Gasteiger charge is -2.27. The third-order valence-electron chi connectivity index (χ3n) is 3.89. The fourth-order valence-electron chi connectivity index (χ4n) is 2.66. The Hall–Kier alpha value is -2.13. The van der Waals surface area contributed by atoms with E-state index in [0.717, 1.165) is 12.3 Å². The van der Waals surface area contributed by atoms with Gasteiger partial charge in [0.1, 0.15) is 11.6 Å². The van der Waals surface area contributed by atoms with Crippen molar-refractivity contribution in [2.45, 2.75) is 24.7 Å². The Kier molecular flexibility index (Phi) is 4.22. The summed E-state index contributed by atoms with van der Waals surface area (Å²) in [6, 6.07) is 3.37. The minimum Gasteiger partial charge on any atom is -0.297 e. The lowest BCUT2D eigenvalue weighted by Crippen LogP contribution is -2.36. The summed E-state index contributed by atoms with van der Waals surface area (Å²) in [5.74, 6) is -1.28. The number of hydrogen-bond acceptors (Lipinski definition) is 5. The van der Waals surface area contributed by atoms with Crippen LogP contribution in [0.4, 0.5) is 8.78 Å². The number of nitrogens with zero attached hydrogens (tertiary/aromatic N) is 2. The molecule has 9 heteroatoms. The Labute approximate surface area is 137 Å². The normalized spacial score (nSPS) is 15.3. The second-order valence-corrected chi connectivity index (χ2v) is 7.70. The number of H-pyrrole nitrogens is 1. The Morgan fingerprint density at radius 2 is 2.08 bits per heavy atom. The molecule has 0 saturated heterocycles. The Balaban J connectivity index is 1.86. The van der Waals surface area contributed by atoms with Crippen molar-refractivity contribution in [3.8, 4) is 0 Å². The highest BCUT2D eigenvalue weighted by Gasteiger charge is 2.24. The molecule has 3 rings (SSSR count). The van der Waals surface area contributed by atoms with E-state index in [-0.39, 0.29) is 18.2 Å². The van der Waals surface area contributed by atoms with Crippen LogP contribution in [0.1, 0.15) is 16.8 Å². The van der Waals surface area contributed by atoms with Gasteiger partial charge in [-0.3, -0.25) is 14.7 Å². The smallest absolute Gasteiger partial charge is 0.256 e. The maximum absolute atomic E-state index is 13.8. The van der Waals surface area contributed by atoms with Crippen molar-refractivity contribution < 1.29 is 17.2 Å². The first-order valence-corrected chi connectivity index (χ1v) is 9.11. The Morgan fingerprint density at radius 3 is 2.75 bits per heavy atom. The van der Waals surface area contributed by atoms with Crippen LogP contribution >= 0.6 is 0 Å². The summed E-state index contributed by atoms with van der Waals surface area (Å²) in [7, 11) is -3.60. The molecule has 1 N–H and O–H groups in total. The van der Waals surface area contributed by atoms with Gasteiger partial charge in [-0.1, -0.05) is 6.07 Å². The number of benzene rings is 1. The summed E-state index contributed by atoms with van der Waals surface area (Å²) in [6.45, 7) is 0.931. The van der Waals surface area contributed by atoms with Gasteiger partial charge in [0.2, 0.25) is 15.0 Å². The molecule has 0 radical (unpaired) electrons. The van der Waals surface area contributed by atoms with Crippen LogP contribution in [0, 0.1) is 11.6 Å². The van der Waals surface area contributed by atoms with E-state index in [1.807, 2.05) is 4.90 Å². The van der Waals surface area contributed by atoms with Gasteiger partial charge in [0.25, 0.3) is 5.56 Å². The number of sulfone groups is 1. The number of aromatic amines is 1. The van der Waals surface area contributed by atoms with Gasteiger partial charge in [-0.2, -0.15) is 0 Å². The molecular formula is C15H15F2N3O3S. The zero-order chi connectivity index (χ0) is 17.5. The quantitative estimate of drug-likeness (QED) is 0.831. The van der Waals surface area contributed by atoms with E-state index in [0.29, 0.717) is 29.8 Å². The van der Waals surface area contributed by atoms with Crippen molar-refractivity contribution in [2.24, 2.45) is 0 Å². The first-order chi connectivity index (χ1) is 11.2. The molecule has 0 saturated carbocycles. The van der Waals surface area contributed by atoms with Crippen molar-refractivity contribution >= 4 is 9.84 Å². The van der Waals surface area contributed by atoms with Crippen molar-refractivity contribution in [1.82, 2.24) is 14.9 Å². The Bertz CT molecular complexity index is 957. The highest BCUT2D eigenvalue weighted by molar-refractivity contribution is 7.90. The van der Waals surface area contributed by atoms with Gasteiger partial charge in [0.15, 0.2) is 0 Å². The minimum absolute atomic E-state index is 0.221. The van der Waals surface area contributed by atoms with Crippen LogP contribution in [0.5, 0.6) is 0 Å². The molecule has 2 aromatic rings. The lowest BCUT2D eigenvalue weighted by molar-refractivity contribution is 0.237. The molecule has 0 spiro atoms. The van der Waals surface area contributed by atoms with Crippen LogP contribution in [-0.2, 0) is 29.3 Å². The molecule has 0 unspecified atom stereocenters. The predicted molar refractivity (Wildman–Crippen MR) is 82.1 cm³/mol. The monoisotopic (exact) mass is 355 g/mol. The SMILES string of the molecule is CS(=O)(=O)c1nc2c(c(=O)[nH]1)CN(Cc1ccc(F)cc1F)CC2. The molecule has 1 aliphatic rings. The maximum Gasteiger partial charge on any atom is 0.256 e. The number of rotatable bonds is 3. The summed E-state index contributed by atoms with van der Waals surface area (Å²) < 4.78 is 49.8. The molecule has 1 aromatic carbocycles. The molecular weight excluding hydrogens is 340 g/mol. The second kappa shape index (κ2) is 6.06. The molecule has 6 nitrogen and oxygen atoms in total. The molecule has 0 fully saturated rings. The van der Waals surface area contributed by atoms with Crippen LogP contribution in [0.3, 0.4) is 0 Å². The molecule has 128 valence electrons. The number of halogens is 2. The largest absolute Gasteiger partial charge is 0.297 e. The van der Waals surface area contributed by atoms with Crippen molar-refractivity contribution in [3.05, 3.63) is 57.0 Å². The first-order valence-electron chi connectivity index (χ1n) is 7.22. The first kappa shape index (κ1) is 16.7. The highest BCUT2D eigenvalue weighted by atomic mass is 32.2. The van der Waals surface area contributed by atoms with Gasteiger partial charge < -0.3 is 0 Å². The standard InChI is InChI=1S/C15H15F2N3O3S/c1-24(22,23)15-18-13-4-5-20(8-11(13)14(21)19-15)7-9-2-3-10(16)6-12(9)17/h2-3,6H,4-5,7-8H2,1H3,(H,18,19,21). The average molecular weight is 355 g/mol. The number of hydrogen-bond donors (Lipinski definition) is 1. The number of aromatic nitrogens is 2. The summed E-state index contributed by atoms with van der Waals surface area (Å²) in [5, 5.41) is -0.343. The van der Waals surface area contributed by atoms with Crippen LogP contribution < -0.4 is 5.56 Å². The van der Waals surface area contributed by atoms with Crippen molar-refractivity contribution in [3.63, 3.8) is 0 Å². The Morgan fingerprint density at radius 1 is 1.33 bits per heavy atom. The summed E-state index contributed by atoms with van der Waals surface area (Å²) in [5.41, 5.74) is 0.632. The summed E-state index contributed by atoms with van der Waals surface area (Å²) in [4.78, 5) is 20.3. The number of nitrogens with one attached hydrogen (secondary N) is 1. The molecule has 1 aromatic heterocycles. The average Bonchev–Trinajstić information content (AvgIpc) is 2.49. The third-order valence-corrected chi connectivity index (χ3v) is 4.78. The third kappa shape index (κ3) is 3.36. The molecule has 0 bridgehead atoms. The van der Waals surface area contributed by atoms with Crippen molar-refractivity contribution in [2.75, 3.05) is 12.8 Å². The van der Waals surface area contributed by atoms with E-state index in [4.69, 9.17) is 0 Å². The van der Waals surface area contributed by atoms with Crippen LogP contribution in [0.25, 0.3) is 0 Å². The van der Waals surface area contributed by atoms with Crippen molar-refractivity contribution in [1.29, 1.82) is 0 Å². The van der Waals surface area contributed by atoms with E-state index in [1.54, 1.807) is 0 Å². The fourth-order valence-corrected chi connectivity index (χ4v) is 3.21. The lowest BCUT2D eigenvalue weighted by atomic mass is 10.1. The van der Waals surface area contributed by atoms with Gasteiger partial charge in [0.05, 0.1) is 11.3 Å². The predicted octanol–water partition coefficient (Wildman–Crippen LogP) is 1.01. The van der Waals surface area contributed by atoms with Gasteiger partial charge in [-0.25, -0.2) is 22.2 Å². The van der Waals surface area contributed by atoms with E-state index < -0.39 is 27.0 Å². The van der Waals surface area contributed by atoms with Gasteiger partial charge in [-0.15, -0.1) is 0 Å². The molecule has 0 atom stereocenters.